The van der Waals surface area contributed by atoms with Gasteiger partial charge in [-0.05, 0) is 48.0 Å². The molecule has 0 amide bonds. The van der Waals surface area contributed by atoms with E-state index in [1.54, 1.807) is 18.2 Å². The summed E-state index contributed by atoms with van der Waals surface area (Å²) in [5.74, 6) is -1.30. The number of fused-ring (bicyclic) bond motifs is 1. The number of nitrogens with zero attached hydrogens (tertiary/aromatic N) is 2. The van der Waals surface area contributed by atoms with Gasteiger partial charge in [-0.3, -0.25) is 0 Å². The molecule has 0 saturated heterocycles. The molecule has 0 saturated carbocycles. The van der Waals surface area contributed by atoms with Crippen LogP contribution in [0.1, 0.15) is 5.56 Å². The van der Waals surface area contributed by atoms with Crippen LogP contribution in [0.3, 0.4) is 0 Å². The fourth-order valence-electron chi connectivity index (χ4n) is 3.08. The number of nitriles is 1. The second-order valence-corrected chi connectivity index (χ2v) is 8.71. The normalized spacial score (nSPS) is 11.4. The summed E-state index contributed by atoms with van der Waals surface area (Å²) in [7, 11) is -4.20. The lowest BCUT2D eigenvalue weighted by atomic mass is 10.00. The molecule has 148 valence electrons. The molecular weight excluding hydrogens is 430 g/mol. The van der Waals surface area contributed by atoms with Crippen molar-refractivity contribution in [2.75, 3.05) is 0 Å². The summed E-state index contributed by atoms with van der Waals surface area (Å²) in [5, 5.41) is 8.95. The van der Waals surface area contributed by atoms with Crippen LogP contribution in [0.15, 0.2) is 76.7 Å². The molecule has 0 unspecified atom stereocenters. The topological polar surface area (TPSA) is 70.8 Å². The molecule has 0 aliphatic carbocycles. The molecule has 8 heteroatoms. The highest BCUT2D eigenvalue weighted by atomic mass is 35.5. The molecule has 1 heterocycles. The fourth-order valence-corrected chi connectivity index (χ4v) is 4.58. The Morgan fingerprint density at radius 1 is 0.900 bits per heavy atom. The highest BCUT2D eigenvalue weighted by Gasteiger charge is 2.23. The molecule has 4 nitrogen and oxygen atoms in total. The second-order valence-electron chi connectivity index (χ2n) is 6.41. The van der Waals surface area contributed by atoms with E-state index < -0.39 is 21.5 Å². The average Bonchev–Trinajstić information content (AvgIpc) is 2.74. The van der Waals surface area contributed by atoms with E-state index in [0.29, 0.717) is 10.9 Å². The van der Waals surface area contributed by atoms with Crippen LogP contribution in [-0.4, -0.2) is 13.4 Å². The Morgan fingerprint density at radius 2 is 1.67 bits per heavy atom. The van der Waals surface area contributed by atoms with Crippen molar-refractivity contribution in [3.63, 3.8) is 0 Å². The molecule has 0 radical (unpaired) electrons. The predicted octanol–water partition coefficient (Wildman–Crippen LogP) is 5.54. The summed E-state index contributed by atoms with van der Waals surface area (Å²) in [4.78, 5) is 3.95. The van der Waals surface area contributed by atoms with E-state index in [2.05, 4.69) is 4.98 Å². The number of rotatable bonds is 3. The standard InChI is InChI=1S/C22H11ClF2N2O2S/c23-18-10-14(6-8-20(18)25)30(28,29)22-11-17(15-3-1-2-4-19(15)24)16-7-5-13(12-26)9-21(16)27-22/h1-11H. The first-order valence-corrected chi connectivity index (χ1v) is 10.5. The van der Waals surface area contributed by atoms with E-state index in [0.717, 1.165) is 18.2 Å². The monoisotopic (exact) mass is 440 g/mol. The van der Waals surface area contributed by atoms with Gasteiger partial charge >= 0.3 is 0 Å². The van der Waals surface area contributed by atoms with Gasteiger partial charge < -0.3 is 0 Å². The molecule has 4 rings (SSSR count). The maximum atomic E-state index is 14.5. The highest BCUT2D eigenvalue weighted by molar-refractivity contribution is 7.91. The van der Waals surface area contributed by atoms with Crippen LogP contribution in [0.25, 0.3) is 22.0 Å². The van der Waals surface area contributed by atoms with Gasteiger partial charge in [-0.2, -0.15) is 5.26 Å². The van der Waals surface area contributed by atoms with E-state index in [4.69, 9.17) is 11.6 Å². The SMILES string of the molecule is N#Cc1ccc2c(-c3ccccc3F)cc(S(=O)(=O)c3ccc(F)c(Cl)c3)nc2c1. The zero-order chi connectivity index (χ0) is 21.5. The third-order valence-electron chi connectivity index (χ3n) is 4.56. The van der Waals surface area contributed by atoms with Gasteiger partial charge in [0.2, 0.25) is 9.84 Å². The van der Waals surface area contributed by atoms with Crippen molar-refractivity contribution in [3.05, 3.63) is 89.0 Å². The predicted molar refractivity (Wildman–Crippen MR) is 109 cm³/mol. The van der Waals surface area contributed by atoms with Gasteiger partial charge in [0.1, 0.15) is 11.6 Å². The van der Waals surface area contributed by atoms with E-state index in [1.165, 1.54) is 30.3 Å². The van der Waals surface area contributed by atoms with Gasteiger partial charge in [0.25, 0.3) is 0 Å². The van der Waals surface area contributed by atoms with Gasteiger partial charge in [-0.25, -0.2) is 22.2 Å². The van der Waals surface area contributed by atoms with Crippen LogP contribution in [0.5, 0.6) is 0 Å². The quantitative estimate of drug-likeness (QED) is 0.392. The van der Waals surface area contributed by atoms with Crippen molar-refractivity contribution >= 4 is 32.3 Å². The van der Waals surface area contributed by atoms with Crippen LogP contribution in [0.2, 0.25) is 5.02 Å². The number of sulfone groups is 1. The molecule has 0 N–H and O–H groups in total. The smallest absolute Gasteiger partial charge is 0.223 e. The van der Waals surface area contributed by atoms with Gasteiger partial charge in [-0.1, -0.05) is 35.9 Å². The first kappa shape index (κ1) is 20.0. The largest absolute Gasteiger partial charge is 0.236 e. The number of hydrogen-bond acceptors (Lipinski definition) is 4. The van der Waals surface area contributed by atoms with Crippen LogP contribution in [0.4, 0.5) is 8.78 Å². The van der Waals surface area contributed by atoms with Gasteiger partial charge in [0.15, 0.2) is 5.03 Å². The molecule has 0 aliphatic rings. The number of pyridine rings is 1. The zero-order valence-electron chi connectivity index (χ0n) is 15.1. The van der Waals surface area contributed by atoms with E-state index >= 15 is 0 Å². The lowest BCUT2D eigenvalue weighted by Crippen LogP contribution is -2.06. The molecule has 0 fully saturated rings. The Balaban J connectivity index is 2.04. The number of benzene rings is 3. The maximum absolute atomic E-state index is 14.5. The van der Waals surface area contributed by atoms with E-state index in [-0.39, 0.29) is 31.6 Å². The maximum Gasteiger partial charge on any atom is 0.223 e. The molecule has 30 heavy (non-hydrogen) atoms. The fraction of sp³-hybridized carbons (Fsp3) is 0. The summed E-state index contributed by atoms with van der Waals surface area (Å²) in [6.07, 6.45) is 0. The lowest BCUT2D eigenvalue weighted by Gasteiger charge is -2.12. The molecule has 0 spiro atoms. The second kappa shape index (κ2) is 7.48. The zero-order valence-corrected chi connectivity index (χ0v) is 16.7. The van der Waals surface area contributed by atoms with Crippen molar-refractivity contribution in [2.24, 2.45) is 0 Å². The van der Waals surface area contributed by atoms with E-state index in [1.807, 2.05) is 6.07 Å². The molecule has 3 aromatic carbocycles. The average molecular weight is 441 g/mol. The number of hydrogen-bond donors (Lipinski definition) is 0. The lowest BCUT2D eigenvalue weighted by molar-refractivity contribution is 0.591. The Hall–Kier alpha value is -3.34. The molecular formula is C22H11ClF2N2O2S. The first-order valence-electron chi connectivity index (χ1n) is 8.61. The Labute approximate surface area is 175 Å². The highest BCUT2D eigenvalue weighted by Crippen LogP contribution is 2.34. The van der Waals surface area contributed by atoms with Crippen LogP contribution in [-0.2, 0) is 9.84 Å². The molecule has 4 aromatic rings. The van der Waals surface area contributed by atoms with Gasteiger partial charge in [-0.15, -0.1) is 0 Å². The third-order valence-corrected chi connectivity index (χ3v) is 6.48. The minimum Gasteiger partial charge on any atom is -0.236 e. The summed E-state index contributed by atoms with van der Waals surface area (Å²) in [5.41, 5.74) is 0.966. The van der Waals surface area contributed by atoms with Crippen molar-refractivity contribution in [1.29, 1.82) is 5.26 Å². The van der Waals surface area contributed by atoms with Crippen LogP contribution < -0.4 is 0 Å². The molecule has 0 aliphatic heterocycles. The molecule has 1 aromatic heterocycles. The number of halogens is 3. The summed E-state index contributed by atoms with van der Waals surface area (Å²) >= 11 is 5.74. The minimum absolute atomic E-state index is 0.184. The van der Waals surface area contributed by atoms with Gasteiger partial charge in [0, 0.05) is 10.9 Å². The summed E-state index contributed by atoms with van der Waals surface area (Å²) in [6.45, 7) is 0. The minimum atomic E-state index is -4.20. The van der Waals surface area contributed by atoms with Crippen molar-refractivity contribution < 1.29 is 17.2 Å². The molecule has 0 bridgehead atoms. The Bertz CT molecular complexity index is 1460. The summed E-state index contributed by atoms with van der Waals surface area (Å²) < 4.78 is 54.3. The van der Waals surface area contributed by atoms with Gasteiger partial charge in [0.05, 0.1) is 27.1 Å². The van der Waals surface area contributed by atoms with Crippen molar-refractivity contribution in [2.45, 2.75) is 9.92 Å². The first-order chi connectivity index (χ1) is 14.3. The van der Waals surface area contributed by atoms with E-state index in [9.17, 15) is 22.5 Å². The van der Waals surface area contributed by atoms with Crippen molar-refractivity contribution in [3.8, 4) is 17.2 Å². The number of aromatic nitrogens is 1. The van der Waals surface area contributed by atoms with Crippen LogP contribution in [0, 0.1) is 23.0 Å². The Morgan fingerprint density at radius 3 is 2.37 bits per heavy atom. The van der Waals surface area contributed by atoms with Crippen molar-refractivity contribution in [1.82, 2.24) is 4.98 Å². The van der Waals surface area contributed by atoms with Crippen LogP contribution >= 0.6 is 11.6 Å². The summed E-state index contributed by atoms with van der Waals surface area (Å²) in [6, 6.07) is 16.7. The molecule has 0 atom stereocenters. The third kappa shape index (κ3) is 3.41. The Kier molecular flexibility index (Phi) is 4.98.